The molecule has 0 saturated carbocycles. The lowest BCUT2D eigenvalue weighted by molar-refractivity contribution is 0.405. The van der Waals surface area contributed by atoms with Crippen LogP contribution in [0, 0.1) is 0 Å². The third-order valence-corrected chi connectivity index (χ3v) is 3.54. The molecule has 1 heterocycles. The summed E-state index contributed by atoms with van der Waals surface area (Å²) in [6, 6.07) is 5.54. The molecule has 102 valence electrons. The van der Waals surface area contributed by atoms with Crippen molar-refractivity contribution in [1.29, 1.82) is 0 Å². The molecule has 0 aliphatic rings. The quantitative estimate of drug-likeness (QED) is 0.935. The van der Waals surface area contributed by atoms with Crippen LogP contribution >= 0.6 is 11.6 Å². The molecule has 2 aromatic rings. The van der Waals surface area contributed by atoms with E-state index in [0.717, 1.165) is 17.1 Å². The summed E-state index contributed by atoms with van der Waals surface area (Å²) in [5, 5.41) is 3.94. The summed E-state index contributed by atoms with van der Waals surface area (Å²) in [5.41, 5.74) is 1.71. The molecule has 0 unspecified atom stereocenters. The average Bonchev–Trinajstić information content (AvgIpc) is 2.88. The second-order valence-corrected chi connectivity index (χ2v) is 5.28. The number of aromatic nitrogens is 2. The van der Waals surface area contributed by atoms with Gasteiger partial charge in [-0.05, 0) is 39.1 Å². The van der Waals surface area contributed by atoms with Crippen molar-refractivity contribution in [2.45, 2.75) is 19.4 Å². The van der Waals surface area contributed by atoms with Crippen LogP contribution in [-0.2, 0) is 5.54 Å². The lowest BCUT2D eigenvalue weighted by Crippen LogP contribution is -2.35. The van der Waals surface area contributed by atoms with Crippen LogP contribution < -0.4 is 10.1 Å². The van der Waals surface area contributed by atoms with Gasteiger partial charge in [-0.2, -0.15) is 0 Å². The van der Waals surface area contributed by atoms with Gasteiger partial charge in [0.15, 0.2) is 0 Å². The number of hydrogen-bond donors (Lipinski definition) is 1. The number of nitrogens with zero attached hydrogens (tertiary/aromatic N) is 2. The van der Waals surface area contributed by atoms with Gasteiger partial charge in [-0.15, -0.1) is 0 Å². The van der Waals surface area contributed by atoms with Crippen molar-refractivity contribution in [3.8, 4) is 11.4 Å². The van der Waals surface area contributed by atoms with E-state index in [4.69, 9.17) is 16.3 Å². The van der Waals surface area contributed by atoms with Crippen LogP contribution in [0.4, 0.5) is 0 Å². The Bertz CT molecular complexity index is 578. The Morgan fingerprint density at radius 3 is 2.74 bits per heavy atom. The fraction of sp³-hybridized carbons (Fsp3) is 0.357. The zero-order valence-corrected chi connectivity index (χ0v) is 12.3. The lowest BCUT2D eigenvalue weighted by Gasteiger charge is -2.26. The summed E-state index contributed by atoms with van der Waals surface area (Å²) >= 11 is 6.09. The first-order valence-corrected chi connectivity index (χ1v) is 6.43. The van der Waals surface area contributed by atoms with Crippen LogP contribution in [0.25, 0.3) is 5.69 Å². The van der Waals surface area contributed by atoms with Gasteiger partial charge in [-0.25, -0.2) is 4.98 Å². The van der Waals surface area contributed by atoms with Gasteiger partial charge < -0.3 is 10.1 Å². The molecule has 5 heteroatoms. The highest BCUT2D eigenvalue weighted by atomic mass is 35.5. The molecule has 0 saturated heterocycles. The minimum Gasteiger partial charge on any atom is -0.495 e. The van der Waals surface area contributed by atoms with E-state index in [1.807, 2.05) is 36.0 Å². The Morgan fingerprint density at radius 1 is 1.37 bits per heavy atom. The van der Waals surface area contributed by atoms with E-state index in [9.17, 15) is 0 Å². The number of halogens is 1. The van der Waals surface area contributed by atoms with E-state index >= 15 is 0 Å². The Morgan fingerprint density at radius 2 is 2.11 bits per heavy atom. The van der Waals surface area contributed by atoms with Gasteiger partial charge in [0.25, 0.3) is 0 Å². The van der Waals surface area contributed by atoms with Crippen LogP contribution in [0.15, 0.2) is 30.7 Å². The van der Waals surface area contributed by atoms with E-state index in [1.54, 1.807) is 13.4 Å². The minimum atomic E-state index is -0.205. The third-order valence-electron chi connectivity index (χ3n) is 3.30. The summed E-state index contributed by atoms with van der Waals surface area (Å²) < 4.78 is 7.39. The smallest absolute Gasteiger partial charge is 0.142 e. The maximum absolute atomic E-state index is 6.09. The van der Waals surface area contributed by atoms with E-state index < -0.39 is 0 Å². The Kier molecular flexibility index (Phi) is 3.83. The van der Waals surface area contributed by atoms with Gasteiger partial charge in [0.2, 0.25) is 0 Å². The van der Waals surface area contributed by atoms with Crippen molar-refractivity contribution in [3.63, 3.8) is 0 Å². The van der Waals surface area contributed by atoms with Crippen molar-refractivity contribution in [2.24, 2.45) is 0 Å². The molecule has 1 aromatic heterocycles. The van der Waals surface area contributed by atoms with Gasteiger partial charge in [0.1, 0.15) is 5.75 Å². The van der Waals surface area contributed by atoms with Crippen molar-refractivity contribution < 1.29 is 4.74 Å². The molecule has 4 nitrogen and oxygen atoms in total. The van der Waals surface area contributed by atoms with E-state index in [1.165, 1.54) is 0 Å². The van der Waals surface area contributed by atoms with Crippen LogP contribution in [0.1, 0.15) is 19.5 Å². The Hall–Kier alpha value is -1.52. The molecule has 2 rings (SSSR count). The van der Waals surface area contributed by atoms with Crippen LogP contribution in [0.2, 0.25) is 5.02 Å². The molecule has 1 aromatic carbocycles. The molecule has 0 amide bonds. The highest BCUT2D eigenvalue weighted by molar-refractivity contribution is 6.30. The molecular weight excluding hydrogens is 262 g/mol. The summed E-state index contributed by atoms with van der Waals surface area (Å²) in [6.45, 7) is 4.19. The first-order valence-electron chi connectivity index (χ1n) is 6.05. The predicted octanol–water partition coefficient (Wildman–Crippen LogP) is 2.99. The zero-order chi connectivity index (χ0) is 14.0. The molecule has 0 bridgehead atoms. The van der Waals surface area contributed by atoms with Crippen molar-refractivity contribution in [1.82, 2.24) is 14.9 Å². The SMILES string of the molecule is CNC(C)(C)c1cncn1-c1cc(Cl)ccc1OC. The summed E-state index contributed by atoms with van der Waals surface area (Å²) in [6.07, 6.45) is 3.61. The van der Waals surface area contributed by atoms with Gasteiger partial charge >= 0.3 is 0 Å². The van der Waals surface area contributed by atoms with E-state index in [0.29, 0.717) is 5.02 Å². The summed E-state index contributed by atoms with van der Waals surface area (Å²) in [5.74, 6) is 0.760. The standard InChI is InChI=1S/C14H18ClN3O/c1-14(2,16-3)13-8-17-9-18(13)11-7-10(15)5-6-12(11)19-4/h5-9,16H,1-4H3. The monoisotopic (exact) mass is 279 g/mol. The molecule has 0 aliphatic heterocycles. The van der Waals surface area contributed by atoms with Gasteiger partial charge in [-0.3, -0.25) is 4.57 Å². The van der Waals surface area contributed by atoms with Crippen molar-refractivity contribution in [3.05, 3.63) is 41.4 Å². The number of rotatable bonds is 4. The molecule has 0 aliphatic carbocycles. The number of benzene rings is 1. The second kappa shape index (κ2) is 5.23. The predicted molar refractivity (Wildman–Crippen MR) is 77.2 cm³/mol. The van der Waals surface area contributed by atoms with E-state index in [2.05, 4.69) is 24.1 Å². The molecule has 1 N–H and O–H groups in total. The summed E-state index contributed by atoms with van der Waals surface area (Å²) in [7, 11) is 3.57. The largest absolute Gasteiger partial charge is 0.495 e. The van der Waals surface area contributed by atoms with Crippen LogP contribution in [-0.4, -0.2) is 23.7 Å². The highest BCUT2D eigenvalue weighted by Gasteiger charge is 2.23. The molecule has 0 atom stereocenters. The van der Waals surface area contributed by atoms with Gasteiger partial charge in [0, 0.05) is 5.02 Å². The fourth-order valence-electron chi connectivity index (χ4n) is 1.93. The van der Waals surface area contributed by atoms with Crippen molar-refractivity contribution >= 4 is 11.6 Å². The van der Waals surface area contributed by atoms with Gasteiger partial charge in [-0.1, -0.05) is 11.6 Å². The first kappa shape index (κ1) is 13.9. The Labute approximate surface area is 118 Å². The molecular formula is C14H18ClN3O. The normalized spacial score (nSPS) is 11.6. The number of imidazole rings is 1. The van der Waals surface area contributed by atoms with Crippen LogP contribution in [0.3, 0.4) is 0 Å². The number of hydrogen-bond acceptors (Lipinski definition) is 3. The molecule has 0 radical (unpaired) electrons. The van der Waals surface area contributed by atoms with Crippen LogP contribution in [0.5, 0.6) is 5.75 Å². The molecule has 19 heavy (non-hydrogen) atoms. The maximum Gasteiger partial charge on any atom is 0.142 e. The third kappa shape index (κ3) is 2.60. The average molecular weight is 280 g/mol. The number of ether oxygens (including phenoxy) is 1. The second-order valence-electron chi connectivity index (χ2n) is 4.84. The Balaban J connectivity index is 2.60. The fourth-order valence-corrected chi connectivity index (χ4v) is 2.10. The summed E-state index contributed by atoms with van der Waals surface area (Å²) in [4.78, 5) is 4.24. The lowest BCUT2D eigenvalue weighted by atomic mass is 10.0. The van der Waals surface area contributed by atoms with Crippen molar-refractivity contribution in [2.75, 3.05) is 14.2 Å². The topological polar surface area (TPSA) is 39.1 Å². The minimum absolute atomic E-state index is 0.205. The molecule has 0 spiro atoms. The first-order chi connectivity index (χ1) is 8.99. The van der Waals surface area contributed by atoms with E-state index in [-0.39, 0.29) is 5.54 Å². The maximum atomic E-state index is 6.09. The van der Waals surface area contributed by atoms with Gasteiger partial charge in [0.05, 0.1) is 36.6 Å². The zero-order valence-electron chi connectivity index (χ0n) is 11.6. The highest BCUT2D eigenvalue weighted by Crippen LogP contribution is 2.30. The molecule has 0 fully saturated rings. The number of nitrogens with one attached hydrogen (secondary N) is 1. The number of methoxy groups -OCH3 is 1.